The van der Waals surface area contributed by atoms with E-state index in [0.29, 0.717) is 6.61 Å². The van der Waals surface area contributed by atoms with Crippen LogP contribution in [0.1, 0.15) is 13.8 Å². The molecule has 2 nitrogen and oxygen atoms in total. The predicted octanol–water partition coefficient (Wildman–Crippen LogP) is 3.54. The van der Waals surface area contributed by atoms with Crippen LogP contribution in [0.25, 0.3) is 11.1 Å². The largest absolute Gasteiger partial charge is 0.466 e. The molecule has 0 N–H and O–H groups in total. The van der Waals surface area contributed by atoms with Crippen LogP contribution in [0.2, 0.25) is 10.0 Å². The Labute approximate surface area is 92.8 Å². The maximum Gasteiger partial charge on any atom is 0.302 e. The molecule has 0 unspecified atom stereocenters. The lowest BCUT2D eigenvalue weighted by atomic mass is 9.94. The molecule has 0 atom stereocenters. The molecule has 0 spiro atoms. The van der Waals surface area contributed by atoms with Crippen LogP contribution in [0.4, 0.5) is 0 Å². The highest BCUT2D eigenvalue weighted by Crippen LogP contribution is 2.49. The molecule has 0 aromatic heterocycles. The predicted molar refractivity (Wildman–Crippen MR) is 57.8 cm³/mol. The molecule has 0 heterocycles. The van der Waals surface area contributed by atoms with E-state index >= 15 is 0 Å². The number of hydrogen-bond donors (Lipinski definition) is 0. The van der Waals surface area contributed by atoms with Gasteiger partial charge in [-0.05, 0) is 6.92 Å². The van der Waals surface area contributed by atoms with Crippen LogP contribution in [-0.4, -0.2) is 12.6 Å². The van der Waals surface area contributed by atoms with Crippen molar-refractivity contribution in [2.45, 2.75) is 13.8 Å². The van der Waals surface area contributed by atoms with Crippen molar-refractivity contribution >= 4 is 29.2 Å². The normalized spacial score (nSPS) is 10.0. The molecular formula is C10H10Cl2O2. The van der Waals surface area contributed by atoms with Crippen LogP contribution in [-0.2, 0) is 9.53 Å². The molecule has 0 aromatic carbocycles. The van der Waals surface area contributed by atoms with Gasteiger partial charge in [-0.25, -0.2) is 0 Å². The molecule has 0 aliphatic heterocycles. The highest BCUT2D eigenvalue weighted by molar-refractivity contribution is 6.49. The van der Waals surface area contributed by atoms with Crippen LogP contribution in [0.3, 0.4) is 0 Å². The Bertz CT molecular complexity index is 334. The van der Waals surface area contributed by atoms with Crippen molar-refractivity contribution < 1.29 is 9.53 Å². The lowest BCUT2D eigenvalue weighted by Crippen LogP contribution is -1.95. The molecule has 14 heavy (non-hydrogen) atoms. The molecule has 0 fully saturated rings. The number of esters is 1. The van der Waals surface area contributed by atoms with Crippen molar-refractivity contribution in [2.24, 2.45) is 0 Å². The number of ether oxygens (including phenoxy) is 1. The first-order valence-corrected chi connectivity index (χ1v) is 4.95. The van der Waals surface area contributed by atoms with Gasteiger partial charge in [0.05, 0.1) is 16.7 Å². The number of benzene rings is 1. The third-order valence-corrected chi connectivity index (χ3v) is 2.60. The minimum absolute atomic E-state index is 0.211. The minimum atomic E-state index is -0.211. The Morgan fingerprint density at radius 1 is 1.29 bits per heavy atom. The lowest BCUT2D eigenvalue weighted by molar-refractivity contribution is -0.140. The van der Waals surface area contributed by atoms with Crippen LogP contribution >= 0.6 is 23.2 Å². The van der Waals surface area contributed by atoms with Crippen molar-refractivity contribution in [3.63, 3.8) is 0 Å². The first-order valence-electron chi connectivity index (χ1n) is 4.19. The molecule has 0 saturated heterocycles. The summed E-state index contributed by atoms with van der Waals surface area (Å²) in [6, 6.07) is 3.92. The SMILES string of the molecule is CCOC(C)=O.Clc1c2ccc-2c1Cl. The maximum absolute atomic E-state index is 9.82. The molecule has 2 rings (SSSR count). The van der Waals surface area contributed by atoms with E-state index in [1.807, 2.05) is 12.1 Å². The molecular weight excluding hydrogens is 223 g/mol. The maximum atomic E-state index is 9.82. The highest BCUT2D eigenvalue weighted by Gasteiger charge is 2.22. The van der Waals surface area contributed by atoms with Gasteiger partial charge in [0.1, 0.15) is 0 Å². The van der Waals surface area contributed by atoms with E-state index in [-0.39, 0.29) is 5.97 Å². The topological polar surface area (TPSA) is 26.3 Å². The fourth-order valence-electron chi connectivity index (χ4n) is 1.01. The molecule has 2 aliphatic carbocycles. The zero-order valence-corrected chi connectivity index (χ0v) is 9.45. The van der Waals surface area contributed by atoms with Gasteiger partial charge in [0.25, 0.3) is 0 Å². The van der Waals surface area contributed by atoms with E-state index in [9.17, 15) is 4.79 Å². The summed E-state index contributed by atoms with van der Waals surface area (Å²) in [6.45, 7) is 3.65. The van der Waals surface area contributed by atoms with Gasteiger partial charge in [0.15, 0.2) is 0 Å². The summed E-state index contributed by atoms with van der Waals surface area (Å²) in [7, 11) is 0. The smallest absolute Gasteiger partial charge is 0.302 e. The van der Waals surface area contributed by atoms with E-state index in [1.54, 1.807) is 6.92 Å². The summed E-state index contributed by atoms with van der Waals surface area (Å²) in [5.41, 5.74) is 2.24. The van der Waals surface area contributed by atoms with E-state index in [1.165, 1.54) is 6.92 Å². The second-order valence-electron chi connectivity index (χ2n) is 2.71. The first-order chi connectivity index (χ1) is 6.57. The number of carbonyl (C=O) groups is 1. The second-order valence-corrected chi connectivity index (χ2v) is 3.47. The zero-order valence-electron chi connectivity index (χ0n) is 7.93. The summed E-state index contributed by atoms with van der Waals surface area (Å²) >= 11 is 11.3. The van der Waals surface area contributed by atoms with Crippen molar-refractivity contribution in [1.29, 1.82) is 0 Å². The molecule has 0 radical (unpaired) electrons. The fraction of sp³-hybridized carbons (Fsp3) is 0.300. The van der Waals surface area contributed by atoms with Crippen LogP contribution in [0.5, 0.6) is 0 Å². The third kappa shape index (κ3) is 2.20. The zero-order chi connectivity index (χ0) is 10.7. The van der Waals surface area contributed by atoms with Gasteiger partial charge in [-0.1, -0.05) is 35.3 Å². The first kappa shape index (κ1) is 11.3. The molecule has 2 aliphatic rings. The second kappa shape index (κ2) is 4.67. The summed E-state index contributed by atoms with van der Waals surface area (Å²) in [5.74, 6) is -0.211. The van der Waals surface area contributed by atoms with Crippen molar-refractivity contribution in [2.75, 3.05) is 6.61 Å². The number of halogens is 2. The van der Waals surface area contributed by atoms with Gasteiger partial charge in [0, 0.05) is 18.1 Å². The number of hydrogen-bond acceptors (Lipinski definition) is 2. The van der Waals surface area contributed by atoms with Crippen molar-refractivity contribution in [3.05, 3.63) is 22.2 Å². The Kier molecular flexibility index (Phi) is 3.78. The summed E-state index contributed by atoms with van der Waals surface area (Å²) in [4.78, 5) is 9.82. The van der Waals surface area contributed by atoms with Crippen molar-refractivity contribution in [3.8, 4) is 11.1 Å². The van der Waals surface area contributed by atoms with Crippen LogP contribution in [0, 0.1) is 0 Å². The molecule has 0 saturated carbocycles. The van der Waals surface area contributed by atoms with Gasteiger partial charge in [-0.15, -0.1) is 0 Å². The third-order valence-electron chi connectivity index (χ3n) is 1.72. The summed E-state index contributed by atoms with van der Waals surface area (Å²) in [5, 5.41) is 1.45. The van der Waals surface area contributed by atoms with Gasteiger partial charge >= 0.3 is 5.97 Å². The van der Waals surface area contributed by atoms with Crippen molar-refractivity contribution in [1.82, 2.24) is 0 Å². The van der Waals surface area contributed by atoms with Gasteiger partial charge < -0.3 is 4.74 Å². The molecule has 76 valence electrons. The summed E-state index contributed by atoms with van der Waals surface area (Å²) in [6.07, 6.45) is 0. The lowest BCUT2D eigenvalue weighted by Gasteiger charge is -2.19. The van der Waals surface area contributed by atoms with Gasteiger partial charge in [0.2, 0.25) is 0 Å². The fourth-order valence-corrected chi connectivity index (χ4v) is 1.54. The van der Waals surface area contributed by atoms with Crippen LogP contribution in [0.15, 0.2) is 12.1 Å². The molecule has 0 bridgehead atoms. The Balaban J connectivity index is 0.000000149. The van der Waals surface area contributed by atoms with E-state index in [2.05, 4.69) is 4.74 Å². The number of fused-ring (bicyclic) bond motifs is 1. The van der Waals surface area contributed by atoms with Crippen LogP contribution < -0.4 is 0 Å². The standard InChI is InChI=1S/C6H2Cl2.C4H8O2/c7-5-3-1-2-4(3)6(5)8;1-3-6-4(2)5/h1-2H;3H2,1-2H3. The molecule has 0 aromatic rings. The quantitative estimate of drug-likeness (QED) is 0.704. The molecule has 0 amide bonds. The Morgan fingerprint density at radius 2 is 1.71 bits per heavy atom. The van der Waals surface area contributed by atoms with E-state index in [0.717, 1.165) is 21.2 Å². The highest BCUT2D eigenvalue weighted by atomic mass is 35.5. The minimum Gasteiger partial charge on any atom is -0.466 e. The Morgan fingerprint density at radius 3 is 1.79 bits per heavy atom. The Hall–Kier alpha value is -0.730. The molecule has 4 heteroatoms. The number of carbonyl (C=O) groups excluding carboxylic acids is 1. The summed E-state index contributed by atoms with van der Waals surface area (Å²) < 4.78 is 4.40. The van der Waals surface area contributed by atoms with E-state index < -0.39 is 0 Å². The van der Waals surface area contributed by atoms with Gasteiger partial charge in [-0.2, -0.15) is 0 Å². The van der Waals surface area contributed by atoms with Gasteiger partial charge in [-0.3, -0.25) is 4.79 Å². The average Bonchev–Trinajstić information content (AvgIpc) is 2.03. The van der Waals surface area contributed by atoms with E-state index in [4.69, 9.17) is 23.2 Å². The number of rotatable bonds is 1. The average molecular weight is 233 g/mol. The monoisotopic (exact) mass is 232 g/mol.